The van der Waals surface area contributed by atoms with Gasteiger partial charge in [-0.15, -0.1) is 0 Å². The molecular weight excluding hydrogens is 287 g/mol. The molecular formula is C18H35LiO4. The van der Waals surface area contributed by atoms with Gasteiger partial charge in [-0.05, 0) is 0 Å². The second kappa shape index (κ2) is 16.4. The Bertz CT molecular complexity index is 286. The normalized spacial score (nSPS) is 10.5. The first kappa shape index (κ1) is 27.4. The molecule has 0 spiro atoms. The molecule has 0 aliphatic rings. The Morgan fingerprint density at radius 1 is 0.870 bits per heavy atom. The summed E-state index contributed by atoms with van der Waals surface area (Å²) >= 11 is 0. The topological polar surface area (TPSA) is 74.6 Å². The number of rotatable bonds is 10. The number of hydrogen-bond donors (Lipinski definition) is 2. The van der Waals surface area contributed by atoms with Crippen LogP contribution in [0.1, 0.15) is 92.4 Å². The van der Waals surface area contributed by atoms with E-state index in [4.69, 9.17) is 10.2 Å². The van der Waals surface area contributed by atoms with Crippen molar-refractivity contribution in [2.24, 2.45) is 5.41 Å². The molecule has 132 valence electrons. The van der Waals surface area contributed by atoms with Crippen molar-refractivity contribution in [2.75, 3.05) is 0 Å². The summed E-state index contributed by atoms with van der Waals surface area (Å²) in [5, 5.41) is 15.4. The Balaban J connectivity index is -0.000000425. The summed E-state index contributed by atoms with van der Waals surface area (Å²) in [7, 11) is 0. The Kier molecular flexibility index (Phi) is 19.5. The molecule has 0 aromatic heterocycles. The van der Waals surface area contributed by atoms with Crippen LogP contribution in [0.25, 0.3) is 0 Å². The number of hydrogen-bond acceptors (Lipinski definition) is 2. The maximum atomic E-state index is 9.43. The van der Waals surface area contributed by atoms with Crippen molar-refractivity contribution in [3.63, 3.8) is 0 Å². The number of carboxylic acids is 2. The van der Waals surface area contributed by atoms with E-state index in [0.29, 0.717) is 5.41 Å². The van der Waals surface area contributed by atoms with Crippen molar-refractivity contribution in [1.82, 2.24) is 0 Å². The Morgan fingerprint density at radius 3 is 1.57 bits per heavy atom. The molecule has 5 heteroatoms. The van der Waals surface area contributed by atoms with Crippen molar-refractivity contribution in [3.8, 4) is 0 Å². The predicted molar refractivity (Wildman–Crippen MR) is 90.9 cm³/mol. The summed E-state index contributed by atoms with van der Waals surface area (Å²) < 4.78 is 0. The zero-order valence-electron chi connectivity index (χ0n) is 16.1. The van der Waals surface area contributed by atoms with Gasteiger partial charge in [-0.25, -0.2) is 0 Å². The van der Waals surface area contributed by atoms with Crippen LogP contribution in [0, 0.1) is 11.3 Å². The smallest absolute Gasteiger partial charge is 0.481 e. The molecule has 0 saturated carbocycles. The third-order valence-corrected chi connectivity index (χ3v) is 3.74. The first-order chi connectivity index (χ1) is 10.1. The van der Waals surface area contributed by atoms with Gasteiger partial charge in [0.1, 0.15) is 6.42 Å². The molecule has 0 rings (SSSR count). The molecule has 0 amide bonds. The minimum Gasteiger partial charge on any atom is -0.481 e. The molecule has 2 N–H and O–H groups in total. The van der Waals surface area contributed by atoms with Gasteiger partial charge in [0.2, 0.25) is 0 Å². The van der Waals surface area contributed by atoms with E-state index in [2.05, 4.69) is 34.6 Å². The molecule has 0 atom stereocenters. The zero-order valence-corrected chi connectivity index (χ0v) is 16.1. The summed E-state index contributed by atoms with van der Waals surface area (Å²) in [6.45, 7) is 11.6. The fourth-order valence-corrected chi connectivity index (χ4v) is 1.85. The van der Waals surface area contributed by atoms with Crippen LogP contribution in [-0.2, 0) is 9.59 Å². The van der Waals surface area contributed by atoms with Crippen molar-refractivity contribution in [3.05, 3.63) is 5.92 Å². The van der Waals surface area contributed by atoms with Crippen LogP contribution in [0.5, 0.6) is 0 Å². The van der Waals surface area contributed by atoms with Crippen LogP contribution >= 0.6 is 0 Å². The van der Waals surface area contributed by atoms with Crippen LogP contribution in [0.15, 0.2) is 0 Å². The Labute approximate surface area is 154 Å². The molecule has 0 aliphatic carbocycles. The minimum atomic E-state index is -1.31. The predicted octanol–water partition coefficient (Wildman–Crippen LogP) is 2.32. The molecule has 0 heterocycles. The summed E-state index contributed by atoms with van der Waals surface area (Å²) in [4.78, 5) is 18.9. The van der Waals surface area contributed by atoms with Gasteiger partial charge in [0.05, 0.1) is 0 Å². The number of unbranched alkanes of at least 4 members (excludes halogenated alkanes) is 6. The molecule has 0 aromatic carbocycles. The Morgan fingerprint density at radius 2 is 1.26 bits per heavy atom. The quantitative estimate of drug-likeness (QED) is 0.280. The summed E-state index contributed by atoms with van der Waals surface area (Å²) in [6, 6.07) is 0. The minimum absolute atomic E-state index is 0. The number of aliphatic carboxylic acids is 2. The van der Waals surface area contributed by atoms with Crippen LogP contribution in [-0.4, -0.2) is 22.2 Å². The van der Waals surface area contributed by atoms with Crippen molar-refractivity contribution < 1.29 is 38.7 Å². The van der Waals surface area contributed by atoms with Gasteiger partial charge >= 0.3 is 30.8 Å². The molecule has 0 saturated heterocycles. The summed E-state index contributed by atoms with van der Waals surface area (Å²) in [5.74, 6) is -0.962. The van der Waals surface area contributed by atoms with Crippen molar-refractivity contribution >= 4 is 11.9 Å². The maximum Gasteiger partial charge on any atom is 1.00 e. The molecule has 23 heavy (non-hydrogen) atoms. The molecule has 0 unspecified atom stereocenters. The largest absolute Gasteiger partial charge is 1.00 e. The monoisotopic (exact) mass is 322 g/mol. The first-order valence-corrected chi connectivity index (χ1v) is 8.37. The number of carbonyl (C=O) groups is 2. The van der Waals surface area contributed by atoms with Crippen LogP contribution in [0.4, 0.5) is 0 Å². The van der Waals surface area contributed by atoms with E-state index in [1.54, 1.807) is 5.92 Å². The molecule has 0 aliphatic heterocycles. The SMILES string of the molecule is CCCCCCCCC[C-](C)C(C)(C)C.O=C(O)CC(=O)O.[Li+]. The molecule has 0 radical (unpaired) electrons. The van der Waals surface area contributed by atoms with E-state index in [0.717, 1.165) is 0 Å². The van der Waals surface area contributed by atoms with Crippen LogP contribution in [0.2, 0.25) is 0 Å². The second-order valence-electron chi connectivity index (χ2n) is 6.87. The van der Waals surface area contributed by atoms with E-state index < -0.39 is 18.4 Å². The van der Waals surface area contributed by atoms with Crippen LogP contribution in [0.3, 0.4) is 0 Å². The van der Waals surface area contributed by atoms with Gasteiger partial charge in [0, 0.05) is 0 Å². The zero-order chi connectivity index (χ0) is 17.6. The molecule has 4 nitrogen and oxygen atoms in total. The van der Waals surface area contributed by atoms with Crippen LogP contribution < -0.4 is 18.9 Å². The third-order valence-electron chi connectivity index (χ3n) is 3.74. The van der Waals surface area contributed by atoms with E-state index in [-0.39, 0.29) is 18.9 Å². The number of carboxylic acid groups (broad SMARTS) is 2. The van der Waals surface area contributed by atoms with Gasteiger partial charge in [0.15, 0.2) is 0 Å². The standard InChI is InChI=1S/C15H31.C3H4O4.Li/c1-6-7-8-9-10-11-12-13-14(2)15(3,4)5;4-2(5)1-3(6)7;/h6-13H2,1-5H3;1H2,(H,4,5)(H,6,7);/q-1;;+1. The molecule has 0 aromatic rings. The average molecular weight is 322 g/mol. The maximum absolute atomic E-state index is 9.43. The van der Waals surface area contributed by atoms with E-state index in [1.807, 2.05) is 0 Å². The summed E-state index contributed by atoms with van der Waals surface area (Å²) in [5.41, 5.74) is 0.419. The average Bonchev–Trinajstić information content (AvgIpc) is 2.35. The fraction of sp³-hybridized carbons (Fsp3) is 0.833. The van der Waals surface area contributed by atoms with Gasteiger partial charge in [-0.3, -0.25) is 9.59 Å². The van der Waals surface area contributed by atoms with E-state index in [1.165, 1.54) is 51.4 Å². The van der Waals surface area contributed by atoms with Gasteiger partial charge < -0.3 is 16.1 Å². The summed E-state index contributed by atoms with van der Waals surface area (Å²) in [6.07, 6.45) is 10.5. The Hall–Kier alpha value is -0.463. The second-order valence-corrected chi connectivity index (χ2v) is 6.87. The van der Waals surface area contributed by atoms with E-state index >= 15 is 0 Å². The van der Waals surface area contributed by atoms with Gasteiger partial charge in [0.25, 0.3) is 0 Å². The third kappa shape index (κ3) is 23.9. The van der Waals surface area contributed by atoms with E-state index in [9.17, 15) is 9.59 Å². The molecule has 0 bridgehead atoms. The fourth-order valence-electron chi connectivity index (χ4n) is 1.85. The van der Waals surface area contributed by atoms with Crippen molar-refractivity contribution in [1.29, 1.82) is 0 Å². The first-order valence-electron chi connectivity index (χ1n) is 8.37. The van der Waals surface area contributed by atoms with Gasteiger partial charge in [-0.2, -0.15) is 18.8 Å². The van der Waals surface area contributed by atoms with Gasteiger partial charge in [-0.1, -0.05) is 72.6 Å². The molecule has 0 fully saturated rings. The van der Waals surface area contributed by atoms with Crippen molar-refractivity contribution in [2.45, 2.75) is 92.4 Å².